The van der Waals surface area contributed by atoms with Crippen LogP contribution in [0.25, 0.3) is 33.5 Å². The molecule has 0 spiro atoms. The number of rotatable bonds is 4. The molecule has 0 amide bonds. The Morgan fingerprint density at radius 3 is 2.48 bits per heavy atom. The molecule has 0 N–H and O–H groups in total. The molecule has 4 aromatic rings. The zero-order valence-electron chi connectivity index (χ0n) is 17.4. The van der Waals surface area contributed by atoms with Gasteiger partial charge >= 0.3 is 0 Å². The minimum Gasteiger partial charge on any atom is -0.306 e. The van der Waals surface area contributed by atoms with Gasteiger partial charge in [0.1, 0.15) is 5.82 Å². The van der Waals surface area contributed by atoms with E-state index in [4.69, 9.17) is 0 Å². The molecule has 0 bridgehead atoms. The van der Waals surface area contributed by atoms with Crippen molar-refractivity contribution >= 4 is 0 Å². The lowest BCUT2D eigenvalue weighted by molar-refractivity contribution is 0.212. The van der Waals surface area contributed by atoms with Gasteiger partial charge in [-0.2, -0.15) is 5.10 Å². The van der Waals surface area contributed by atoms with Crippen molar-refractivity contribution in [2.75, 3.05) is 20.1 Å². The minimum absolute atomic E-state index is 0.277. The normalized spacial score (nSPS) is 15.3. The van der Waals surface area contributed by atoms with E-state index in [0.29, 0.717) is 17.3 Å². The van der Waals surface area contributed by atoms with Crippen LogP contribution in [0.1, 0.15) is 18.9 Å². The van der Waals surface area contributed by atoms with Gasteiger partial charge in [0, 0.05) is 47.0 Å². The summed E-state index contributed by atoms with van der Waals surface area (Å²) in [7, 11) is 2.17. The molecule has 0 radical (unpaired) electrons. The Hall–Kier alpha value is -3.38. The zero-order chi connectivity index (χ0) is 21.2. The number of nitrogens with zero attached hydrogens (tertiary/aromatic N) is 5. The number of benzene rings is 1. The maximum absolute atomic E-state index is 14.2. The van der Waals surface area contributed by atoms with E-state index in [1.54, 1.807) is 18.3 Å². The standard InChI is InChI=1S/C25H24FN5/c1-30-10-7-22(8-11-30)31-17-21(16-29-31)20-12-19(14-27-15-20)18-6-9-28-25(13-18)23-4-2-3-5-24(23)26/h2-6,9,12-17,22H,7-8,10-11H2,1H3. The molecule has 5 nitrogen and oxygen atoms in total. The number of aromatic nitrogens is 4. The van der Waals surface area contributed by atoms with E-state index in [9.17, 15) is 4.39 Å². The molecule has 156 valence electrons. The summed E-state index contributed by atoms with van der Waals surface area (Å²) in [6.07, 6.45) is 11.7. The molecule has 3 aromatic heterocycles. The molecule has 6 heteroatoms. The molecule has 0 saturated carbocycles. The van der Waals surface area contributed by atoms with Gasteiger partial charge in [0.15, 0.2) is 0 Å². The third-order valence-corrected chi connectivity index (χ3v) is 5.98. The van der Waals surface area contributed by atoms with Gasteiger partial charge < -0.3 is 4.90 Å². The van der Waals surface area contributed by atoms with Crippen molar-refractivity contribution in [3.05, 3.63) is 79.3 Å². The molecule has 1 fully saturated rings. The summed E-state index contributed by atoms with van der Waals surface area (Å²) in [5.74, 6) is -0.277. The molecule has 4 heterocycles. The molecular formula is C25H24FN5. The SMILES string of the molecule is CN1CCC(n2cc(-c3cncc(-c4ccnc(-c5ccccc5F)c4)c3)cn2)CC1. The predicted molar refractivity (Wildman–Crippen MR) is 120 cm³/mol. The maximum Gasteiger partial charge on any atom is 0.132 e. The first-order valence-corrected chi connectivity index (χ1v) is 10.6. The maximum atomic E-state index is 14.2. The third kappa shape index (κ3) is 4.11. The summed E-state index contributed by atoms with van der Waals surface area (Å²) in [4.78, 5) is 11.2. The first-order chi connectivity index (χ1) is 15.2. The van der Waals surface area contributed by atoms with E-state index in [2.05, 4.69) is 44.0 Å². The molecule has 0 unspecified atom stereocenters. The molecule has 0 atom stereocenters. The van der Waals surface area contributed by atoms with E-state index < -0.39 is 0 Å². The van der Waals surface area contributed by atoms with Crippen LogP contribution in [0.2, 0.25) is 0 Å². The van der Waals surface area contributed by atoms with E-state index in [-0.39, 0.29) is 5.82 Å². The van der Waals surface area contributed by atoms with Gasteiger partial charge in [-0.1, -0.05) is 12.1 Å². The minimum atomic E-state index is -0.277. The van der Waals surface area contributed by atoms with E-state index in [1.807, 2.05) is 36.8 Å². The molecule has 1 aliphatic heterocycles. The predicted octanol–water partition coefficient (Wildman–Crippen LogP) is 5.08. The summed E-state index contributed by atoms with van der Waals surface area (Å²) in [6, 6.07) is 13.1. The highest BCUT2D eigenvalue weighted by Crippen LogP contribution is 2.29. The van der Waals surface area contributed by atoms with Crippen molar-refractivity contribution in [1.82, 2.24) is 24.6 Å². The van der Waals surface area contributed by atoms with Crippen LogP contribution in [0.3, 0.4) is 0 Å². The Balaban J connectivity index is 1.43. The van der Waals surface area contributed by atoms with Crippen molar-refractivity contribution in [2.45, 2.75) is 18.9 Å². The first kappa shape index (κ1) is 19.6. The van der Waals surface area contributed by atoms with Gasteiger partial charge in [0.05, 0.1) is 17.9 Å². The summed E-state index contributed by atoms with van der Waals surface area (Å²) in [6.45, 7) is 2.20. The number of piperidine rings is 1. The Labute approximate surface area is 181 Å². The number of pyridine rings is 2. The highest BCUT2D eigenvalue weighted by Gasteiger charge is 2.19. The van der Waals surface area contributed by atoms with Crippen molar-refractivity contribution < 1.29 is 4.39 Å². The van der Waals surface area contributed by atoms with Gasteiger partial charge in [-0.3, -0.25) is 14.6 Å². The van der Waals surface area contributed by atoms with E-state index in [0.717, 1.165) is 48.2 Å². The molecule has 1 saturated heterocycles. The summed E-state index contributed by atoms with van der Waals surface area (Å²) >= 11 is 0. The van der Waals surface area contributed by atoms with Gasteiger partial charge in [0.25, 0.3) is 0 Å². The van der Waals surface area contributed by atoms with E-state index >= 15 is 0 Å². The van der Waals surface area contributed by atoms with Crippen LogP contribution in [0.4, 0.5) is 4.39 Å². The highest BCUT2D eigenvalue weighted by atomic mass is 19.1. The van der Waals surface area contributed by atoms with Crippen LogP contribution >= 0.6 is 0 Å². The lowest BCUT2D eigenvalue weighted by Gasteiger charge is -2.28. The van der Waals surface area contributed by atoms with E-state index in [1.165, 1.54) is 6.07 Å². The second kappa shape index (κ2) is 8.40. The molecule has 0 aliphatic carbocycles. The zero-order valence-corrected chi connectivity index (χ0v) is 17.4. The van der Waals surface area contributed by atoms with Gasteiger partial charge in [-0.15, -0.1) is 0 Å². The third-order valence-electron chi connectivity index (χ3n) is 5.98. The largest absolute Gasteiger partial charge is 0.306 e. The number of likely N-dealkylation sites (tertiary alicyclic amines) is 1. The van der Waals surface area contributed by atoms with Crippen LogP contribution in [-0.2, 0) is 0 Å². The molecule has 1 aliphatic rings. The Bertz CT molecular complexity index is 1190. The molecule has 1 aromatic carbocycles. The van der Waals surface area contributed by atoms with Crippen molar-refractivity contribution in [3.63, 3.8) is 0 Å². The Morgan fingerprint density at radius 1 is 0.903 bits per heavy atom. The molecule has 31 heavy (non-hydrogen) atoms. The monoisotopic (exact) mass is 413 g/mol. The van der Waals surface area contributed by atoms with Crippen LogP contribution < -0.4 is 0 Å². The first-order valence-electron chi connectivity index (χ1n) is 10.6. The fourth-order valence-corrected chi connectivity index (χ4v) is 4.13. The van der Waals surface area contributed by atoms with Gasteiger partial charge in [-0.05, 0) is 68.9 Å². The van der Waals surface area contributed by atoms with Gasteiger partial charge in [0.2, 0.25) is 0 Å². The highest BCUT2D eigenvalue weighted by molar-refractivity contribution is 5.74. The summed E-state index contributed by atoms with van der Waals surface area (Å²) in [5, 5.41) is 4.63. The molecule has 5 rings (SSSR count). The summed E-state index contributed by atoms with van der Waals surface area (Å²) < 4.78 is 16.3. The number of halogens is 1. The second-order valence-corrected chi connectivity index (χ2v) is 8.12. The van der Waals surface area contributed by atoms with Crippen LogP contribution in [-0.4, -0.2) is 44.8 Å². The van der Waals surface area contributed by atoms with Crippen molar-refractivity contribution in [1.29, 1.82) is 0 Å². The van der Waals surface area contributed by atoms with Crippen LogP contribution in [0, 0.1) is 5.82 Å². The van der Waals surface area contributed by atoms with Crippen molar-refractivity contribution in [2.24, 2.45) is 0 Å². The fourth-order valence-electron chi connectivity index (χ4n) is 4.13. The lowest BCUT2D eigenvalue weighted by Crippen LogP contribution is -2.31. The summed E-state index contributed by atoms with van der Waals surface area (Å²) in [5.41, 5.74) is 5.08. The quantitative estimate of drug-likeness (QED) is 0.468. The lowest BCUT2D eigenvalue weighted by atomic mass is 10.0. The number of hydrogen-bond acceptors (Lipinski definition) is 4. The number of hydrogen-bond donors (Lipinski definition) is 0. The molecular weight excluding hydrogens is 389 g/mol. The Morgan fingerprint density at radius 2 is 1.68 bits per heavy atom. The second-order valence-electron chi connectivity index (χ2n) is 8.12. The average molecular weight is 414 g/mol. The Kier molecular flexibility index (Phi) is 5.30. The fraction of sp³-hybridized carbons (Fsp3) is 0.240. The smallest absolute Gasteiger partial charge is 0.132 e. The van der Waals surface area contributed by atoms with Gasteiger partial charge in [-0.25, -0.2) is 4.39 Å². The van der Waals surface area contributed by atoms with Crippen molar-refractivity contribution in [3.8, 4) is 33.5 Å². The average Bonchev–Trinajstić information content (AvgIpc) is 3.30. The van der Waals surface area contributed by atoms with Crippen LogP contribution in [0.15, 0.2) is 73.4 Å². The van der Waals surface area contributed by atoms with Crippen LogP contribution in [0.5, 0.6) is 0 Å². The topological polar surface area (TPSA) is 46.8 Å².